The average Bonchev–Trinajstić information content (AvgIpc) is 2.66. The summed E-state index contributed by atoms with van der Waals surface area (Å²) in [7, 11) is 0. The Labute approximate surface area is 104 Å². The number of ketones is 1. The lowest BCUT2D eigenvalue weighted by atomic mass is 10.2. The molecule has 1 N–H and O–H groups in total. The van der Waals surface area contributed by atoms with Crippen molar-refractivity contribution < 1.29 is 14.3 Å². The van der Waals surface area contributed by atoms with Gasteiger partial charge in [0.2, 0.25) is 0 Å². The number of amides is 1. The van der Waals surface area contributed by atoms with E-state index >= 15 is 0 Å². The van der Waals surface area contributed by atoms with Gasteiger partial charge in [-0.1, -0.05) is 0 Å². The topological polar surface area (TPSA) is 68.3 Å². The summed E-state index contributed by atoms with van der Waals surface area (Å²) in [5.74, 6) is -0.0731. The van der Waals surface area contributed by atoms with Gasteiger partial charge in [-0.15, -0.1) is 11.3 Å². The zero-order valence-electron chi connectivity index (χ0n) is 10.1. The lowest BCUT2D eigenvalue weighted by molar-refractivity contribution is 0.0527. The van der Waals surface area contributed by atoms with E-state index in [9.17, 15) is 9.59 Å². The number of alkyl carbamates (subject to hydrolysis) is 1. The zero-order chi connectivity index (χ0) is 12.9. The minimum atomic E-state index is -0.524. The second-order valence-electron chi connectivity index (χ2n) is 4.44. The van der Waals surface area contributed by atoms with Crippen molar-refractivity contribution in [1.82, 2.24) is 10.3 Å². The Hall–Kier alpha value is -1.43. The summed E-state index contributed by atoms with van der Waals surface area (Å²) in [5.41, 5.74) is -0.524. The van der Waals surface area contributed by atoms with Gasteiger partial charge in [-0.05, 0) is 20.8 Å². The Kier molecular flexibility index (Phi) is 4.62. The highest BCUT2D eigenvalue weighted by Gasteiger charge is 2.16. The van der Waals surface area contributed by atoms with Gasteiger partial charge in [0, 0.05) is 24.5 Å². The highest BCUT2D eigenvalue weighted by molar-refractivity contribution is 7.11. The molecule has 0 fully saturated rings. The second kappa shape index (κ2) is 5.77. The molecule has 6 heteroatoms. The van der Waals surface area contributed by atoms with Gasteiger partial charge >= 0.3 is 6.09 Å². The Morgan fingerprint density at radius 1 is 1.47 bits per heavy atom. The third kappa shape index (κ3) is 5.44. The number of aromatic nitrogens is 1. The number of carbonyl (C=O) groups is 2. The van der Waals surface area contributed by atoms with Gasteiger partial charge in [-0.2, -0.15) is 0 Å². The number of Topliss-reactive ketones (excluding diaryl/α,β-unsaturated/α-hetero) is 1. The molecule has 0 spiro atoms. The highest BCUT2D eigenvalue weighted by Crippen LogP contribution is 2.08. The number of nitrogens with zero attached hydrogens (tertiary/aromatic N) is 1. The molecule has 0 saturated heterocycles. The lowest BCUT2D eigenvalue weighted by Crippen LogP contribution is -2.33. The van der Waals surface area contributed by atoms with Gasteiger partial charge in [0.25, 0.3) is 0 Å². The van der Waals surface area contributed by atoms with E-state index in [1.807, 2.05) is 0 Å². The van der Waals surface area contributed by atoms with Gasteiger partial charge in [0.15, 0.2) is 10.8 Å². The molecular weight excluding hydrogens is 240 g/mol. The van der Waals surface area contributed by atoms with Crippen LogP contribution in [0.25, 0.3) is 0 Å². The van der Waals surface area contributed by atoms with Crippen LogP contribution in [0, 0.1) is 0 Å². The second-order valence-corrected chi connectivity index (χ2v) is 5.33. The third-order valence-electron chi connectivity index (χ3n) is 1.69. The van der Waals surface area contributed by atoms with E-state index in [1.54, 1.807) is 32.3 Å². The predicted octanol–water partition coefficient (Wildman–Crippen LogP) is 2.24. The highest BCUT2D eigenvalue weighted by atomic mass is 32.1. The van der Waals surface area contributed by atoms with Crippen LogP contribution < -0.4 is 5.32 Å². The van der Waals surface area contributed by atoms with Crippen LogP contribution in [0.5, 0.6) is 0 Å². The van der Waals surface area contributed by atoms with Crippen LogP contribution in [0.3, 0.4) is 0 Å². The molecule has 1 heterocycles. The van der Waals surface area contributed by atoms with E-state index in [2.05, 4.69) is 10.3 Å². The lowest BCUT2D eigenvalue weighted by Gasteiger charge is -2.19. The Balaban J connectivity index is 2.24. The molecule has 0 radical (unpaired) electrons. The normalized spacial score (nSPS) is 11.0. The standard InChI is InChI=1S/C11H16N2O3S/c1-11(2,3)16-10(15)13-5-4-8(14)9-12-6-7-17-9/h6-7H,4-5H2,1-3H3,(H,13,15). The molecular formula is C11H16N2O3S. The minimum Gasteiger partial charge on any atom is -0.444 e. The Bertz CT molecular complexity index is 382. The molecule has 1 rings (SSSR count). The van der Waals surface area contributed by atoms with E-state index in [0.717, 1.165) is 0 Å². The SMILES string of the molecule is CC(C)(C)OC(=O)NCCC(=O)c1nccs1. The summed E-state index contributed by atoms with van der Waals surface area (Å²) < 4.78 is 5.04. The largest absolute Gasteiger partial charge is 0.444 e. The molecule has 94 valence electrons. The molecule has 1 amide bonds. The van der Waals surface area contributed by atoms with Crippen LogP contribution in [0.15, 0.2) is 11.6 Å². The van der Waals surface area contributed by atoms with E-state index < -0.39 is 11.7 Å². The molecule has 1 aromatic rings. The van der Waals surface area contributed by atoms with Crippen LogP contribution in [-0.2, 0) is 4.74 Å². The van der Waals surface area contributed by atoms with Crippen molar-refractivity contribution in [3.8, 4) is 0 Å². The summed E-state index contributed by atoms with van der Waals surface area (Å²) in [6.07, 6.45) is 1.30. The van der Waals surface area contributed by atoms with Gasteiger partial charge in [-0.3, -0.25) is 4.79 Å². The number of thiazole rings is 1. The van der Waals surface area contributed by atoms with Crippen molar-refractivity contribution in [1.29, 1.82) is 0 Å². The summed E-state index contributed by atoms with van der Waals surface area (Å²) in [6.45, 7) is 5.61. The van der Waals surface area contributed by atoms with Crippen LogP contribution >= 0.6 is 11.3 Å². The summed E-state index contributed by atoms with van der Waals surface area (Å²) >= 11 is 1.30. The summed E-state index contributed by atoms with van der Waals surface area (Å²) in [6, 6.07) is 0. The molecule has 0 bridgehead atoms. The quantitative estimate of drug-likeness (QED) is 0.839. The third-order valence-corrected chi connectivity index (χ3v) is 2.51. The maximum absolute atomic E-state index is 11.5. The van der Waals surface area contributed by atoms with Gasteiger partial charge in [0.05, 0.1) is 0 Å². The molecule has 0 saturated carbocycles. The monoisotopic (exact) mass is 256 g/mol. The van der Waals surface area contributed by atoms with E-state index in [4.69, 9.17) is 4.74 Å². The smallest absolute Gasteiger partial charge is 0.407 e. The number of hydrogen-bond donors (Lipinski definition) is 1. The van der Waals surface area contributed by atoms with Crippen molar-refractivity contribution in [2.45, 2.75) is 32.8 Å². The van der Waals surface area contributed by atoms with Gasteiger partial charge in [0.1, 0.15) is 5.60 Å². The van der Waals surface area contributed by atoms with E-state index in [1.165, 1.54) is 11.3 Å². The maximum atomic E-state index is 11.5. The fraction of sp³-hybridized carbons (Fsp3) is 0.545. The molecule has 0 atom stereocenters. The molecule has 1 aromatic heterocycles. The fourth-order valence-electron chi connectivity index (χ4n) is 1.06. The number of rotatable bonds is 4. The number of ether oxygens (including phenoxy) is 1. The van der Waals surface area contributed by atoms with Crippen molar-refractivity contribution in [2.75, 3.05) is 6.54 Å². The zero-order valence-corrected chi connectivity index (χ0v) is 11.0. The van der Waals surface area contributed by atoms with Crippen LogP contribution in [-0.4, -0.2) is 29.0 Å². The maximum Gasteiger partial charge on any atom is 0.407 e. The molecule has 0 aliphatic rings. The summed E-state index contributed by atoms with van der Waals surface area (Å²) in [5, 5.41) is 4.74. The van der Waals surface area contributed by atoms with E-state index in [0.29, 0.717) is 5.01 Å². The summed E-state index contributed by atoms with van der Waals surface area (Å²) in [4.78, 5) is 26.7. The first kappa shape index (κ1) is 13.6. The molecule has 17 heavy (non-hydrogen) atoms. The Morgan fingerprint density at radius 2 is 2.18 bits per heavy atom. The van der Waals surface area contributed by atoms with Crippen molar-refractivity contribution >= 4 is 23.2 Å². The molecule has 5 nitrogen and oxygen atoms in total. The van der Waals surface area contributed by atoms with Crippen LogP contribution in [0.4, 0.5) is 4.79 Å². The Morgan fingerprint density at radius 3 is 2.71 bits per heavy atom. The van der Waals surface area contributed by atoms with Crippen LogP contribution in [0.1, 0.15) is 37.0 Å². The first-order valence-electron chi connectivity index (χ1n) is 5.28. The molecule has 0 aromatic carbocycles. The van der Waals surface area contributed by atoms with Crippen molar-refractivity contribution in [2.24, 2.45) is 0 Å². The minimum absolute atomic E-state index is 0.0731. The number of nitrogens with one attached hydrogen (secondary N) is 1. The first-order chi connectivity index (χ1) is 7.88. The van der Waals surface area contributed by atoms with Crippen molar-refractivity contribution in [3.63, 3.8) is 0 Å². The molecule has 0 aliphatic heterocycles. The van der Waals surface area contributed by atoms with Gasteiger partial charge < -0.3 is 10.1 Å². The number of hydrogen-bond acceptors (Lipinski definition) is 5. The predicted molar refractivity (Wildman–Crippen MR) is 65.3 cm³/mol. The molecule has 0 unspecified atom stereocenters. The fourth-order valence-corrected chi connectivity index (χ4v) is 1.67. The first-order valence-corrected chi connectivity index (χ1v) is 6.16. The number of carbonyl (C=O) groups excluding carboxylic acids is 2. The van der Waals surface area contributed by atoms with Gasteiger partial charge in [-0.25, -0.2) is 9.78 Å². The average molecular weight is 256 g/mol. The van der Waals surface area contributed by atoms with Crippen molar-refractivity contribution in [3.05, 3.63) is 16.6 Å². The molecule has 0 aliphatic carbocycles. The van der Waals surface area contributed by atoms with Crippen LogP contribution in [0.2, 0.25) is 0 Å². The van der Waals surface area contributed by atoms with E-state index in [-0.39, 0.29) is 18.7 Å².